The van der Waals surface area contributed by atoms with Gasteiger partial charge in [0.05, 0.1) is 0 Å². The molecular formula is C23H21FN4O2. The van der Waals surface area contributed by atoms with Gasteiger partial charge >= 0.3 is 0 Å². The predicted molar refractivity (Wildman–Crippen MR) is 112 cm³/mol. The van der Waals surface area contributed by atoms with Gasteiger partial charge in [-0.15, -0.1) is 0 Å². The van der Waals surface area contributed by atoms with Gasteiger partial charge in [-0.25, -0.2) is 9.37 Å². The highest BCUT2D eigenvalue weighted by Gasteiger charge is 2.30. The lowest BCUT2D eigenvalue weighted by atomic mass is 9.97. The molecule has 152 valence electrons. The highest BCUT2D eigenvalue weighted by atomic mass is 19.1. The van der Waals surface area contributed by atoms with Gasteiger partial charge < -0.3 is 15.2 Å². The highest BCUT2D eigenvalue weighted by molar-refractivity contribution is 5.98. The zero-order valence-electron chi connectivity index (χ0n) is 16.3. The minimum absolute atomic E-state index is 0.0213. The molecule has 6 nitrogen and oxygen atoms in total. The molecule has 0 spiro atoms. The maximum absolute atomic E-state index is 13.1. The molecule has 2 aliphatic rings. The van der Waals surface area contributed by atoms with E-state index in [2.05, 4.69) is 15.3 Å². The summed E-state index contributed by atoms with van der Waals surface area (Å²) in [5.74, 6) is 0.208. The van der Waals surface area contributed by atoms with E-state index in [0.29, 0.717) is 30.9 Å². The number of aromatic nitrogens is 2. The van der Waals surface area contributed by atoms with Crippen LogP contribution in [0, 0.1) is 11.7 Å². The minimum Gasteiger partial charge on any atom is -0.346 e. The van der Waals surface area contributed by atoms with Crippen LogP contribution < -0.4 is 5.32 Å². The maximum Gasteiger partial charge on any atom is 0.254 e. The first-order chi connectivity index (χ1) is 14.6. The van der Waals surface area contributed by atoms with Crippen LogP contribution >= 0.6 is 0 Å². The van der Waals surface area contributed by atoms with E-state index in [-0.39, 0.29) is 23.5 Å². The molecule has 1 saturated carbocycles. The average molecular weight is 404 g/mol. The number of rotatable bonds is 4. The number of carbonyl (C=O) groups excluding carboxylic acids is 2. The van der Waals surface area contributed by atoms with E-state index in [1.165, 1.54) is 24.3 Å². The number of anilines is 1. The van der Waals surface area contributed by atoms with Gasteiger partial charge in [0.2, 0.25) is 5.91 Å². The number of H-pyrrole nitrogens is 1. The lowest BCUT2D eigenvalue weighted by Gasteiger charge is -2.27. The monoisotopic (exact) mass is 404 g/mol. The van der Waals surface area contributed by atoms with Crippen LogP contribution in [-0.2, 0) is 4.79 Å². The Morgan fingerprint density at radius 1 is 1.17 bits per heavy atom. The minimum atomic E-state index is -0.356. The standard InChI is InChI=1S/C23H21FN4O2/c24-17-5-3-16(4-6-17)23(30)28-11-8-14(9-12-28)19-13-20(27-22(29)15-1-2-15)26-21-18(19)7-10-25-21/h3-8,10,13,15H,1-2,9,11-12H2,(H2,25,26,27,29). The van der Waals surface area contributed by atoms with E-state index < -0.39 is 0 Å². The molecular weight excluding hydrogens is 383 g/mol. The fourth-order valence-corrected chi connectivity index (χ4v) is 3.81. The number of amides is 2. The van der Waals surface area contributed by atoms with E-state index >= 15 is 0 Å². The second-order valence-corrected chi connectivity index (χ2v) is 7.80. The Morgan fingerprint density at radius 2 is 1.97 bits per heavy atom. The number of carbonyl (C=O) groups is 2. The molecule has 0 saturated heterocycles. The molecule has 3 heterocycles. The Balaban J connectivity index is 1.39. The summed E-state index contributed by atoms with van der Waals surface area (Å²) in [4.78, 5) is 34.2. The van der Waals surface area contributed by atoms with E-state index in [0.717, 1.165) is 35.0 Å². The predicted octanol–water partition coefficient (Wildman–Crippen LogP) is 3.98. The number of halogens is 1. The van der Waals surface area contributed by atoms with E-state index in [9.17, 15) is 14.0 Å². The summed E-state index contributed by atoms with van der Waals surface area (Å²) in [6.07, 6.45) is 6.44. The number of hydrogen-bond donors (Lipinski definition) is 2. The van der Waals surface area contributed by atoms with Crippen molar-refractivity contribution in [1.82, 2.24) is 14.9 Å². The van der Waals surface area contributed by atoms with Gasteiger partial charge in [-0.05, 0) is 66.8 Å². The van der Waals surface area contributed by atoms with Crippen LogP contribution in [-0.4, -0.2) is 39.8 Å². The first-order valence-corrected chi connectivity index (χ1v) is 10.1. The van der Waals surface area contributed by atoms with Crippen LogP contribution in [0.25, 0.3) is 16.6 Å². The highest BCUT2D eigenvalue weighted by Crippen LogP contribution is 2.33. The Hall–Kier alpha value is -3.48. The summed E-state index contributed by atoms with van der Waals surface area (Å²) in [6.45, 7) is 1.05. The molecule has 2 amide bonds. The largest absolute Gasteiger partial charge is 0.346 e. The second kappa shape index (κ2) is 7.40. The van der Waals surface area contributed by atoms with Gasteiger partial charge in [0.1, 0.15) is 17.3 Å². The van der Waals surface area contributed by atoms with Gasteiger partial charge in [0.25, 0.3) is 5.91 Å². The lowest BCUT2D eigenvalue weighted by Crippen LogP contribution is -2.34. The topological polar surface area (TPSA) is 78.1 Å². The van der Waals surface area contributed by atoms with Crippen molar-refractivity contribution in [3.8, 4) is 0 Å². The zero-order valence-corrected chi connectivity index (χ0v) is 16.3. The van der Waals surface area contributed by atoms with Crippen LogP contribution in [0.2, 0.25) is 0 Å². The number of fused-ring (bicyclic) bond motifs is 1. The molecule has 3 aromatic rings. The normalized spacial score (nSPS) is 16.4. The third kappa shape index (κ3) is 3.58. The van der Waals surface area contributed by atoms with Gasteiger partial charge in [-0.1, -0.05) is 6.08 Å². The number of pyridine rings is 1. The average Bonchev–Trinajstić information content (AvgIpc) is 3.51. The van der Waals surface area contributed by atoms with Crippen molar-refractivity contribution in [3.05, 3.63) is 65.6 Å². The molecule has 2 aromatic heterocycles. The summed E-state index contributed by atoms with van der Waals surface area (Å²) in [7, 11) is 0. The quantitative estimate of drug-likeness (QED) is 0.690. The smallest absolute Gasteiger partial charge is 0.254 e. The molecule has 1 fully saturated rings. The molecule has 0 bridgehead atoms. The third-order valence-electron chi connectivity index (χ3n) is 5.66. The van der Waals surface area contributed by atoms with Crippen molar-refractivity contribution in [2.45, 2.75) is 19.3 Å². The van der Waals surface area contributed by atoms with Gasteiger partial charge in [-0.3, -0.25) is 9.59 Å². The molecule has 5 rings (SSSR count). The number of aromatic amines is 1. The van der Waals surface area contributed by atoms with Crippen LogP contribution in [0.4, 0.5) is 10.2 Å². The second-order valence-electron chi connectivity index (χ2n) is 7.80. The van der Waals surface area contributed by atoms with Crippen molar-refractivity contribution in [2.75, 3.05) is 18.4 Å². The molecule has 1 aliphatic carbocycles. The Morgan fingerprint density at radius 3 is 2.67 bits per heavy atom. The molecule has 0 atom stereocenters. The number of hydrogen-bond acceptors (Lipinski definition) is 3. The Kier molecular flexibility index (Phi) is 4.58. The fourth-order valence-electron chi connectivity index (χ4n) is 3.81. The van der Waals surface area contributed by atoms with Gasteiger partial charge in [0, 0.05) is 36.2 Å². The van der Waals surface area contributed by atoms with Crippen LogP contribution in [0.5, 0.6) is 0 Å². The van der Waals surface area contributed by atoms with Crippen LogP contribution in [0.15, 0.2) is 48.7 Å². The molecule has 7 heteroatoms. The van der Waals surface area contributed by atoms with E-state index in [4.69, 9.17) is 0 Å². The van der Waals surface area contributed by atoms with E-state index in [1.807, 2.05) is 24.4 Å². The van der Waals surface area contributed by atoms with Crippen molar-refractivity contribution < 1.29 is 14.0 Å². The van der Waals surface area contributed by atoms with Crippen LogP contribution in [0.3, 0.4) is 0 Å². The first kappa shape index (κ1) is 18.5. The summed E-state index contributed by atoms with van der Waals surface area (Å²) in [6, 6.07) is 9.52. The summed E-state index contributed by atoms with van der Waals surface area (Å²) < 4.78 is 13.1. The third-order valence-corrected chi connectivity index (χ3v) is 5.66. The van der Waals surface area contributed by atoms with Crippen molar-refractivity contribution in [1.29, 1.82) is 0 Å². The molecule has 1 aliphatic heterocycles. The molecule has 1 aromatic carbocycles. The summed E-state index contributed by atoms with van der Waals surface area (Å²) in [5, 5.41) is 3.92. The fraction of sp³-hybridized carbons (Fsp3) is 0.261. The number of benzene rings is 1. The van der Waals surface area contributed by atoms with Crippen molar-refractivity contribution >= 4 is 34.2 Å². The lowest BCUT2D eigenvalue weighted by molar-refractivity contribution is -0.117. The Bertz CT molecular complexity index is 1160. The van der Waals surface area contributed by atoms with Crippen molar-refractivity contribution in [2.24, 2.45) is 5.92 Å². The molecule has 2 N–H and O–H groups in total. The Labute approximate surface area is 172 Å². The van der Waals surface area contributed by atoms with Crippen molar-refractivity contribution in [3.63, 3.8) is 0 Å². The van der Waals surface area contributed by atoms with Gasteiger partial charge in [-0.2, -0.15) is 0 Å². The maximum atomic E-state index is 13.1. The van der Waals surface area contributed by atoms with Crippen LogP contribution in [0.1, 0.15) is 35.2 Å². The SMILES string of the molecule is O=C(Nc1cc(C2=CCN(C(=O)c3ccc(F)cc3)CC2)c2cc[nH]c2n1)C1CC1. The first-order valence-electron chi connectivity index (χ1n) is 10.1. The molecule has 30 heavy (non-hydrogen) atoms. The summed E-state index contributed by atoms with van der Waals surface area (Å²) in [5.41, 5.74) is 3.34. The zero-order chi connectivity index (χ0) is 20.7. The number of nitrogens with one attached hydrogen (secondary N) is 2. The molecule has 0 unspecified atom stereocenters. The number of nitrogens with zero attached hydrogens (tertiary/aromatic N) is 2. The van der Waals surface area contributed by atoms with E-state index in [1.54, 1.807) is 4.90 Å². The molecule has 0 radical (unpaired) electrons. The van der Waals surface area contributed by atoms with Gasteiger partial charge in [0.15, 0.2) is 0 Å². The summed E-state index contributed by atoms with van der Waals surface area (Å²) >= 11 is 0.